The summed E-state index contributed by atoms with van der Waals surface area (Å²) in [6.07, 6.45) is 3.55. The number of methoxy groups -OCH3 is 1. The van der Waals surface area contributed by atoms with E-state index >= 15 is 0 Å². The molecule has 1 aromatic heterocycles. The van der Waals surface area contributed by atoms with E-state index in [1.807, 2.05) is 24.3 Å². The van der Waals surface area contributed by atoms with Gasteiger partial charge in [-0.05, 0) is 62.2 Å². The average Bonchev–Trinajstić information content (AvgIpc) is 2.73. The number of ether oxygens (including phenoxy) is 1. The molecule has 1 heterocycles. The van der Waals surface area contributed by atoms with Crippen LogP contribution in [0.5, 0.6) is 5.75 Å². The molecule has 0 unspecified atom stereocenters. The quantitative estimate of drug-likeness (QED) is 0.392. The van der Waals surface area contributed by atoms with Crippen molar-refractivity contribution in [1.82, 2.24) is 9.88 Å². The van der Waals surface area contributed by atoms with Gasteiger partial charge >= 0.3 is 0 Å². The van der Waals surface area contributed by atoms with Crippen LogP contribution >= 0.6 is 11.6 Å². The van der Waals surface area contributed by atoms with Crippen LogP contribution in [0.25, 0.3) is 21.8 Å². The molecule has 2 aromatic carbocycles. The molecule has 156 valence electrons. The topological polar surface area (TPSA) is 37.4 Å². The smallest absolute Gasteiger partial charge is 0.119 e. The number of nitrogens with zero attached hydrogens (tertiary/aromatic N) is 2. The molecular weight excluding hydrogens is 382 g/mol. The third kappa shape index (κ3) is 4.93. The maximum atomic E-state index is 6.23. The zero-order valence-corrected chi connectivity index (χ0v) is 18.7. The lowest BCUT2D eigenvalue weighted by Gasteiger charge is -2.30. The first-order valence-corrected chi connectivity index (χ1v) is 11.0. The van der Waals surface area contributed by atoms with E-state index in [0.29, 0.717) is 11.1 Å². The summed E-state index contributed by atoms with van der Waals surface area (Å²) in [5, 5.41) is 6.57. The van der Waals surface area contributed by atoms with Gasteiger partial charge in [0.2, 0.25) is 0 Å². The average molecular weight is 414 g/mol. The van der Waals surface area contributed by atoms with Gasteiger partial charge in [0.1, 0.15) is 5.75 Å². The molecule has 0 aliphatic heterocycles. The van der Waals surface area contributed by atoms with E-state index in [2.05, 4.69) is 43.1 Å². The van der Waals surface area contributed by atoms with Crippen molar-refractivity contribution < 1.29 is 4.74 Å². The van der Waals surface area contributed by atoms with Gasteiger partial charge in [-0.25, -0.2) is 4.98 Å². The highest BCUT2D eigenvalue weighted by Gasteiger charge is 2.15. The monoisotopic (exact) mass is 413 g/mol. The molecule has 0 spiro atoms. The van der Waals surface area contributed by atoms with Crippen molar-refractivity contribution in [2.24, 2.45) is 0 Å². The fraction of sp³-hybridized carbons (Fsp3) is 0.458. The van der Waals surface area contributed by atoms with E-state index in [9.17, 15) is 0 Å². The van der Waals surface area contributed by atoms with Gasteiger partial charge in [0, 0.05) is 34.9 Å². The number of anilines is 1. The fourth-order valence-corrected chi connectivity index (χ4v) is 4.27. The molecule has 0 aliphatic carbocycles. The molecule has 0 radical (unpaired) electrons. The lowest BCUT2D eigenvalue weighted by Crippen LogP contribution is -2.38. The van der Waals surface area contributed by atoms with Crippen LogP contribution in [0.1, 0.15) is 40.0 Å². The van der Waals surface area contributed by atoms with Crippen LogP contribution in [0, 0.1) is 0 Å². The zero-order valence-electron chi connectivity index (χ0n) is 18.0. The molecule has 0 atom stereocenters. The van der Waals surface area contributed by atoms with Crippen LogP contribution in [0.2, 0.25) is 5.02 Å². The van der Waals surface area contributed by atoms with Crippen LogP contribution < -0.4 is 10.1 Å². The standard InChI is InChI=1S/C24H32ClN3O/c1-5-13-28(18(6-2)7-3)14-12-26-24-20-10-8-17(25)15-23(20)27-22-11-9-19(29-4)16-21(22)24/h8-11,15-16,18H,5-7,12-14H2,1-4H3,(H,26,27). The lowest BCUT2D eigenvalue weighted by atomic mass is 10.1. The summed E-state index contributed by atoms with van der Waals surface area (Å²) in [6.45, 7) is 9.85. The van der Waals surface area contributed by atoms with Crippen molar-refractivity contribution in [3.8, 4) is 5.75 Å². The Bertz CT molecular complexity index is 956. The predicted molar refractivity (Wildman–Crippen MR) is 126 cm³/mol. The summed E-state index contributed by atoms with van der Waals surface area (Å²) >= 11 is 6.23. The van der Waals surface area contributed by atoms with E-state index in [1.165, 1.54) is 19.3 Å². The number of fused-ring (bicyclic) bond motifs is 2. The first-order chi connectivity index (χ1) is 14.1. The number of hydrogen-bond donors (Lipinski definition) is 1. The SMILES string of the molecule is CCCN(CCNc1c2ccc(Cl)cc2nc2ccc(OC)cc12)C(CC)CC. The van der Waals surface area contributed by atoms with Gasteiger partial charge in [-0.15, -0.1) is 0 Å². The van der Waals surface area contributed by atoms with Gasteiger partial charge in [0.25, 0.3) is 0 Å². The maximum Gasteiger partial charge on any atom is 0.119 e. The Hall–Kier alpha value is -2.04. The minimum absolute atomic E-state index is 0.640. The van der Waals surface area contributed by atoms with Gasteiger partial charge in [-0.2, -0.15) is 0 Å². The summed E-state index contributed by atoms with van der Waals surface area (Å²) in [5.41, 5.74) is 2.94. The molecule has 0 saturated carbocycles. The number of benzene rings is 2. The van der Waals surface area contributed by atoms with Crippen LogP contribution in [-0.4, -0.2) is 42.7 Å². The van der Waals surface area contributed by atoms with Crippen LogP contribution in [0.4, 0.5) is 5.69 Å². The molecule has 29 heavy (non-hydrogen) atoms. The molecule has 0 fully saturated rings. The first-order valence-electron chi connectivity index (χ1n) is 10.7. The Morgan fingerprint density at radius 3 is 2.48 bits per heavy atom. The normalized spacial score (nSPS) is 11.7. The molecular formula is C24H32ClN3O. The number of nitrogens with one attached hydrogen (secondary N) is 1. The molecule has 0 aliphatic rings. The van der Waals surface area contributed by atoms with E-state index in [-0.39, 0.29) is 0 Å². The number of pyridine rings is 1. The fourth-order valence-electron chi connectivity index (χ4n) is 4.11. The van der Waals surface area contributed by atoms with Crippen molar-refractivity contribution in [1.29, 1.82) is 0 Å². The van der Waals surface area contributed by atoms with E-state index in [4.69, 9.17) is 21.3 Å². The third-order valence-corrected chi connectivity index (χ3v) is 5.85. The first kappa shape index (κ1) is 21.7. The van der Waals surface area contributed by atoms with Crippen LogP contribution in [0.3, 0.4) is 0 Å². The number of halogens is 1. The Labute approximate surface area is 179 Å². The summed E-state index contributed by atoms with van der Waals surface area (Å²) in [4.78, 5) is 7.42. The summed E-state index contributed by atoms with van der Waals surface area (Å²) in [7, 11) is 1.70. The largest absolute Gasteiger partial charge is 0.497 e. The summed E-state index contributed by atoms with van der Waals surface area (Å²) < 4.78 is 5.46. The molecule has 3 rings (SSSR count). The number of aromatic nitrogens is 1. The molecule has 3 aromatic rings. The maximum absolute atomic E-state index is 6.23. The van der Waals surface area contributed by atoms with Gasteiger partial charge in [-0.3, -0.25) is 4.90 Å². The highest BCUT2D eigenvalue weighted by atomic mass is 35.5. The summed E-state index contributed by atoms with van der Waals surface area (Å²) in [5.74, 6) is 0.834. The van der Waals surface area contributed by atoms with Crippen molar-refractivity contribution >= 4 is 39.1 Å². The third-order valence-electron chi connectivity index (χ3n) is 5.61. The molecule has 0 bridgehead atoms. The van der Waals surface area contributed by atoms with Gasteiger partial charge in [-0.1, -0.05) is 32.4 Å². The van der Waals surface area contributed by atoms with Crippen LogP contribution in [0.15, 0.2) is 36.4 Å². The van der Waals surface area contributed by atoms with Gasteiger partial charge in [0.05, 0.1) is 23.8 Å². The van der Waals surface area contributed by atoms with E-state index in [1.54, 1.807) is 7.11 Å². The lowest BCUT2D eigenvalue weighted by molar-refractivity contribution is 0.193. The van der Waals surface area contributed by atoms with Gasteiger partial charge in [0.15, 0.2) is 0 Å². The molecule has 5 heteroatoms. The zero-order chi connectivity index (χ0) is 20.8. The van der Waals surface area contributed by atoms with Crippen molar-refractivity contribution in [2.75, 3.05) is 32.1 Å². The summed E-state index contributed by atoms with van der Waals surface area (Å²) in [6, 6.07) is 12.6. The van der Waals surface area contributed by atoms with Crippen molar-refractivity contribution in [3.63, 3.8) is 0 Å². The minimum Gasteiger partial charge on any atom is -0.497 e. The highest BCUT2D eigenvalue weighted by molar-refractivity contribution is 6.31. The molecule has 0 amide bonds. The predicted octanol–water partition coefficient (Wildman–Crippen LogP) is 6.36. The Kier molecular flexibility index (Phi) is 7.57. The Balaban J connectivity index is 1.95. The highest BCUT2D eigenvalue weighted by Crippen LogP contribution is 2.34. The van der Waals surface area contributed by atoms with Gasteiger partial charge < -0.3 is 10.1 Å². The molecule has 0 saturated heterocycles. The van der Waals surface area contributed by atoms with E-state index < -0.39 is 0 Å². The van der Waals surface area contributed by atoms with Crippen LogP contribution in [-0.2, 0) is 0 Å². The Morgan fingerprint density at radius 2 is 1.79 bits per heavy atom. The van der Waals surface area contributed by atoms with Crippen molar-refractivity contribution in [2.45, 2.75) is 46.1 Å². The molecule has 4 nitrogen and oxygen atoms in total. The second-order valence-electron chi connectivity index (χ2n) is 7.46. The number of rotatable bonds is 10. The Morgan fingerprint density at radius 1 is 1.00 bits per heavy atom. The van der Waals surface area contributed by atoms with E-state index in [0.717, 1.165) is 52.9 Å². The minimum atomic E-state index is 0.640. The second kappa shape index (κ2) is 10.1. The number of hydrogen-bond acceptors (Lipinski definition) is 4. The van der Waals surface area contributed by atoms with Crippen molar-refractivity contribution in [3.05, 3.63) is 41.4 Å². The second-order valence-corrected chi connectivity index (χ2v) is 7.90. The molecule has 1 N–H and O–H groups in total.